The third-order valence-electron chi connectivity index (χ3n) is 8.23. The molecular weight excluding hydrogens is 749 g/mol. The zero-order valence-corrected chi connectivity index (χ0v) is 34.4. The summed E-state index contributed by atoms with van der Waals surface area (Å²) in [5.74, 6) is -1.49. The lowest BCUT2D eigenvalue weighted by molar-refractivity contribution is -0.157. The second-order valence-electron chi connectivity index (χ2n) is 13.9. The first-order valence-electron chi connectivity index (χ1n) is 15.3. The first kappa shape index (κ1) is 40.9. The lowest BCUT2D eigenvalue weighted by Crippen LogP contribution is -2.64. The summed E-state index contributed by atoms with van der Waals surface area (Å²) in [6.07, 6.45) is -0.442. The number of amides is 1. The molecule has 1 amide bonds. The van der Waals surface area contributed by atoms with E-state index in [2.05, 4.69) is 33.9 Å². The summed E-state index contributed by atoms with van der Waals surface area (Å²) in [4.78, 5) is 41.8. The summed E-state index contributed by atoms with van der Waals surface area (Å²) in [5, 5.41) is 10.4. The molecule has 2 aromatic carbocycles. The Bertz CT molecular complexity index is 1620. The van der Waals surface area contributed by atoms with Crippen LogP contribution in [0.2, 0.25) is 33.2 Å². The number of likely N-dealkylation sites (tertiary alicyclic amines) is 1. The number of carboxylic acids is 1. The molecule has 3 atom stereocenters. The number of thioether (sulfide) groups is 2. The van der Waals surface area contributed by atoms with Gasteiger partial charge in [-0.25, -0.2) is 4.79 Å². The van der Waals surface area contributed by atoms with Crippen molar-refractivity contribution in [1.82, 2.24) is 4.90 Å². The van der Waals surface area contributed by atoms with Gasteiger partial charge in [-0.1, -0.05) is 95.5 Å². The Morgan fingerprint density at radius 2 is 1.58 bits per heavy atom. The van der Waals surface area contributed by atoms with Crippen LogP contribution in [0.15, 0.2) is 47.2 Å². The fraction of sp³-hybridized carbons (Fsp3) is 0.471. The monoisotopic (exact) mass is 789 g/mol. The third kappa shape index (κ3) is 9.20. The van der Waals surface area contributed by atoms with Crippen LogP contribution in [0.1, 0.15) is 66.5 Å². The molecule has 0 bridgehead atoms. The van der Waals surface area contributed by atoms with Gasteiger partial charge in [-0.2, -0.15) is 0 Å². The van der Waals surface area contributed by atoms with Gasteiger partial charge in [0.05, 0.1) is 37.3 Å². The van der Waals surface area contributed by atoms with E-state index < -0.39 is 48.7 Å². The highest BCUT2D eigenvalue weighted by Gasteiger charge is 2.56. The standard InChI is InChI=1S/C34H42Cl3NO6S3Si/c1-11-46-29-25(18(2)44-48(9,10)34(6,7)8)28(39)38(29)26(30(40)41)31(47-32(42)33(3,4)5)43-20-14-12-19(13-15-20)27(45)21-16-23(36)24(37)17-22(21)35/h12-18,25,29H,11H2,1-10H3,(H,40,41)/t18-,25+,29-/m1/s1. The predicted molar refractivity (Wildman–Crippen MR) is 206 cm³/mol. The number of carboxylic acid groups (broad SMARTS) is 1. The maximum absolute atomic E-state index is 13.9. The molecule has 1 aliphatic heterocycles. The van der Waals surface area contributed by atoms with Crippen molar-refractivity contribution < 1.29 is 28.7 Å². The summed E-state index contributed by atoms with van der Waals surface area (Å²) in [6, 6.07) is 9.68. The number of hydrogen-bond donors (Lipinski definition) is 1. The smallest absolute Gasteiger partial charge is 0.357 e. The number of carbonyl (C=O) groups excluding carboxylic acids is 2. The molecule has 0 aliphatic carbocycles. The second-order valence-corrected chi connectivity index (χ2v) is 22.7. The third-order valence-corrected chi connectivity index (χ3v) is 16.7. The summed E-state index contributed by atoms with van der Waals surface area (Å²) < 4.78 is 12.7. The fourth-order valence-electron chi connectivity index (χ4n) is 4.50. The van der Waals surface area contributed by atoms with Gasteiger partial charge in [-0.15, -0.1) is 11.8 Å². The van der Waals surface area contributed by atoms with Crippen LogP contribution in [0, 0.1) is 11.3 Å². The number of nitrogens with zero attached hydrogens (tertiary/aromatic N) is 1. The van der Waals surface area contributed by atoms with Gasteiger partial charge in [0.15, 0.2) is 19.1 Å². The molecule has 1 aliphatic rings. The van der Waals surface area contributed by atoms with Crippen molar-refractivity contribution >= 4 is 101 Å². The highest BCUT2D eigenvalue weighted by atomic mass is 35.5. The van der Waals surface area contributed by atoms with Crippen LogP contribution in [0.5, 0.6) is 5.75 Å². The lowest BCUT2D eigenvalue weighted by Gasteiger charge is -2.50. The Kier molecular flexibility index (Phi) is 13.4. The molecule has 262 valence electrons. The zero-order valence-electron chi connectivity index (χ0n) is 28.7. The van der Waals surface area contributed by atoms with Crippen LogP contribution in [-0.4, -0.2) is 57.4 Å². The average molecular weight is 791 g/mol. The summed E-state index contributed by atoms with van der Waals surface area (Å²) >= 11 is 26.4. The van der Waals surface area contributed by atoms with E-state index >= 15 is 0 Å². The van der Waals surface area contributed by atoms with E-state index in [9.17, 15) is 19.5 Å². The molecule has 2 aromatic rings. The number of β-lactam (4-membered cyclic amide) rings is 1. The predicted octanol–water partition coefficient (Wildman–Crippen LogP) is 10.3. The highest BCUT2D eigenvalue weighted by molar-refractivity contribution is 8.16. The van der Waals surface area contributed by atoms with E-state index in [1.807, 2.05) is 13.8 Å². The van der Waals surface area contributed by atoms with Gasteiger partial charge < -0.3 is 14.3 Å². The molecule has 1 saturated heterocycles. The minimum Gasteiger partial charge on any atom is -0.476 e. The van der Waals surface area contributed by atoms with Gasteiger partial charge in [-0.05, 0) is 84.5 Å². The van der Waals surface area contributed by atoms with Crippen molar-refractivity contribution in [3.8, 4) is 5.75 Å². The topological polar surface area (TPSA) is 93.1 Å². The van der Waals surface area contributed by atoms with Gasteiger partial charge in [0.25, 0.3) is 0 Å². The Hall–Kier alpha value is -1.57. The normalized spacial score (nSPS) is 18.2. The molecule has 7 nitrogen and oxygen atoms in total. The van der Waals surface area contributed by atoms with Crippen LogP contribution < -0.4 is 4.74 Å². The van der Waals surface area contributed by atoms with Crippen molar-refractivity contribution in [2.24, 2.45) is 11.3 Å². The average Bonchev–Trinajstić information content (AvgIpc) is 2.95. The molecule has 0 radical (unpaired) electrons. The number of hydrogen-bond acceptors (Lipinski definition) is 8. The SMILES string of the molecule is CCS[C@@H]1[C@@H]([C@@H](C)O[Si](C)(C)C(C)(C)C)C(=O)N1C(C(=O)O)=C(Oc1ccc(C(=S)c2cc(Cl)c(Cl)cc2Cl)cc1)SC(=O)C(C)(C)C. The molecule has 48 heavy (non-hydrogen) atoms. The molecule has 14 heteroatoms. The maximum Gasteiger partial charge on any atom is 0.357 e. The van der Waals surface area contributed by atoms with Crippen LogP contribution in [0.25, 0.3) is 0 Å². The number of halogens is 3. The van der Waals surface area contributed by atoms with Gasteiger partial charge in [0.1, 0.15) is 5.75 Å². The van der Waals surface area contributed by atoms with Crippen LogP contribution >= 0.6 is 70.5 Å². The van der Waals surface area contributed by atoms with Crippen LogP contribution in [0.3, 0.4) is 0 Å². The molecule has 1 N–H and O–H groups in total. The van der Waals surface area contributed by atoms with E-state index in [0.717, 1.165) is 0 Å². The molecular formula is C34H42Cl3NO6S3Si. The Labute approximate surface area is 313 Å². The molecule has 0 aromatic heterocycles. The number of thiocarbonyl (C=S) groups is 1. The minimum atomic E-state index is -2.24. The number of ether oxygens (including phenoxy) is 1. The van der Waals surface area contributed by atoms with Gasteiger partial charge in [0.2, 0.25) is 11.0 Å². The van der Waals surface area contributed by atoms with Gasteiger partial charge in [-0.3, -0.25) is 14.5 Å². The lowest BCUT2D eigenvalue weighted by atomic mass is 9.92. The Balaban J connectivity index is 2.04. The van der Waals surface area contributed by atoms with Crippen molar-refractivity contribution in [2.75, 3.05) is 5.75 Å². The number of aliphatic carboxylic acids is 1. The largest absolute Gasteiger partial charge is 0.476 e. The van der Waals surface area contributed by atoms with Crippen molar-refractivity contribution in [2.45, 2.75) is 85.0 Å². The molecule has 3 rings (SSSR count). The quantitative estimate of drug-likeness (QED) is 0.0429. The summed E-state index contributed by atoms with van der Waals surface area (Å²) in [7, 11) is -2.24. The zero-order chi connectivity index (χ0) is 36.5. The van der Waals surface area contributed by atoms with E-state index in [0.29, 0.717) is 48.6 Å². The summed E-state index contributed by atoms with van der Waals surface area (Å²) in [6.45, 7) is 19.6. The second kappa shape index (κ2) is 15.8. The van der Waals surface area contributed by atoms with E-state index in [-0.39, 0.29) is 21.0 Å². The van der Waals surface area contributed by atoms with Gasteiger partial charge in [0, 0.05) is 11.0 Å². The van der Waals surface area contributed by atoms with E-state index in [4.69, 9.17) is 56.2 Å². The molecule has 0 unspecified atom stereocenters. The van der Waals surface area contributed by atoms with E-state index in [1.54, 1.807) is 51.1 Å². The van der Waals surface area contributed by atoms with E-state index in [1.165, 1.54) is 22.7 Å². The van der Waals surface area contributed by atoms with Gasteiger partial charge >= 0.3 is 5.97 Å². The van der Waals surface area contributed by atoms with Crippen molar-refractivity contribution in [3.05, 3.63) is 73.4 Å². The number of rotatable bonds is 12. The molecule has 0 spiro atoms. The number of benzene rings is 2. The van der Waals surface area contributed by atoms with Crippen LogP contribution in [-0.2, 0) is 18.8 Å². The molecule has 1 fully saturated rings. The Morgan fingerprint density at radius 1 is 1.02 bits per heavy atom. The summed E-state index contributed by atoms with van der Waals surface area (Å²) in [5.41, 5.74) is -0.0860. The number of carbonyl (C=O) groups is 3. The van der Waals surface area contributed by atoms with Crippen LogP contribution in [0.4, 0.5) is 0 Å². The highest BCUT2D eigenvalue weighted by Crippen LogP contribution is 2.46. The molecule has 0 saturated carbocycles. The first-order chi connectivity index (χ1) is 22.0. The maximum atomic E-state index is 13.9. The minimum absolute atomic E-state index is 0.0777. The van der Waals surface area contributed by atoms with Crippen molar-refractivity contribution in [1.29, 1.82) is 0 Å². The van der Waals surface area contributed by atoms with Crippen molar-refractivity contribution in [3.63, 3.8) is 0 Å². The Morgan fingerprint density at radius 3 is 2.08 bits per heavy atom. The molecule has 1 heterocycles. The first-order valence-corrected chi connectivity index (χ1v) is 21.6. The fourth-order valence-corrected chi connectivity index (χ4v) is 9.07.